The van der Waals surface area contributed by atoms with Crippen LogP contribution >= 0.6 is 0 Å². The molecular weight excluding hydrogens is 262 g/mol. The molecule has 0 saturated heterocycles. The van der Waals surface area contributed by atoms with E-state index in [9.17, 15) is 5.11 Å². The van der Waals surface area contributed by atoms with Crippen LogP contribution < -0.4 is 4.74 Å². The smallest absolute Gasteiger partial charge is 0.139 e. The summed E-state index contributed by atoms with van der Waals surface area (Å²) < 4.78 is 7.91. The Morgan fingerprint density at radius 2 is 1.86 bits per heavy atom. The highest BCUT2D eigenvalue weighted by Crippen LogP contribution is 2.29. The molecule has 1 heterocycles. The molecule has 0 atom stereocenters. The largest absolute Gasteiger partial charge is 0.506 e. The molecule has 3 heteroatoms. The standard InChI is InChI=1S/C18H19NO2/c1-3-19-11-14(16-5-4-6-17(20)18(16)19)12-21-15-9-7-13(2)8-10-15/h4-11,20H,3,12H2,1-2H3. The van der Waals surface area contributed by atoms with Crippen molar-refractivity contribution in [2.45, 2.75) is 27.0 Å². The number of fused-ring (bicyclic) bond motifs is 1. The van der Waals surface area contributed by atoms with Crippen LogP contribution in [-0.2, 0) is 13.2 Å². The molecule has 0 unspecified atom stereocenters. The lowest BCUT2D eigenvalue weighted by Gasteiger charge is -2.05. The minimum absolute atomic E-state index is 0.316. The first-order valence-corrected chi connectivity index (χ1v) is 7.18. The van der Waals surface area contributed by atoms with Gasteiger partial charge in [0, 0.05) is 23.7 Å². The molecule has 3 aromatic rings. The van der Waals surface area contributed by atoms with Gasteiger partial charge in [-0.05, 0) is 32.0 Å². The highest BCUT2D eigenvalue weighted by molar-refractivity contribution is 5.88. The number of aromatic nitrogens is 1. The van der Waals surface area contributed by atoms with Crippen LogP contribution in [0.1, 0.15) is 18.1 Å². The van der Waals surface area contributed by atoms with Crippen LogP contribution in [0.3, 0.4) is 0 Å². The highest BCUT2D eigenvalue weighted by Gasteiger charge is 2.11. The number of ether oxygens (including phenoxy) is 1. The van der Waals surface area contributed by atoms with E-state index in [0.29, 0.717) is 12.4 Å². The lowest BCUT2D eigenvalue weighted by atomic mass is 10.2. The van der Waals surface area contributed by atoms with Crippen molar-refractivity contribution in [1.29, 1.82) is 0 Å². The van der Waals surface area contributed by atoms with E-state index < -0.39 is 0 Å². The number of benzene rings is 2. The van der Waals surface area contributed by atoms with Crippen molar-refractivity contribution < 1.29 is 9.84 Å². The Kier molecular flexibility index (Phi) is 3.57. The number of phenolic OH excluding ortho intramolecular Hbond substituents is 1. The van der Waals surface area contributed by atoms with Gasteiger partial charge in [-0.1, -0.05) is 29.8 Å². The molecule has 0 aliphatic rings. The maximum absolute atomic E-state index is 10.1. The lowest BCUT2D eigenvalue weighted by Crippen LogP contribution is -1.95. The van der Waals surface area contributed by atoms with Crippen molar-refractivity contribution in [3.8, 4) is 11.5 Å². The number of nitrogens with zero attached hydrogens (tertiary/aromatic N) is 1. The SMILES string of the molecule is CCn1cc(COc2ccc(C)cc2)c2cccc(O)c21. The van der Waals surface area contributed by atoms with Crippen LogP contribution in [0.2, 0.25) is 0 Å². The summed E-state index contributed by atoms with van der Waals surface area (Å²) in [5.41, 5.74) is 3.18. The summed E-state index contributed by atoms with van der Waals surface area (Å²) in [5, 5.41) is 11.1. The van der Waals surface area contributed by atoms with Gasteiger partial charge in [0.15, 0.2) is 0 Å². The summed E-state index contributed by atoms with van der Waals surface area (Å²) >= 11 is 0. The number of rotatable bonds is 4. The Bertz CT molecular complexity index is 757. The summed E-state index contributed by atoms with van der Waals surface area (Å²) in [6, 6.07) is 13.6. The average Bonchev–Trinajstić information content (AvgIpc) is 2.86. The third kappa shape index (κ3) is 2.59. The zero-order valence-corrected chi connectivity index (χ0v) is 12.3. The average molecular weight is 281 g/mol. The van der Waals surface area contributed by atoms with Crippen LogP contribution in [0.25, 0.3) is 10.9 Å². The van der Waals surface area contributed by atoms with E-state index in [-0.39, 0.29) is 0 Å². The molecule has 0 bridgehead atoms. The van der Waals surface area contributed by atoms with Crippen molar-refractivity contribution in [2.24, 2.45) is 0 Å². The molecule has 0 saturated carbocycles. The molecule has 1 aromatic heterocycles. The van der Waals surface area contributed by atoms with Gasteiger partial charge in [0.2, 0.25) is 0 Å². The minimum atomic E-state index is 0.316. The van der Waals surface area contributed by atoms with E-state index >= 15 is 0 Å². The maximum Gasteiger partial charge on any atom is 0.139 e. The second-order valence-corrected chi connectivity index (χ2v) is 5.22. The number of hydrogen-bond acceptors (Lipinski definition) is 2. The fraction of sp³-hybridized carbons (Fsp3) is 0.222. The van der Waals surface area contributed by atoms with Crippen LogP contribution in [0, 0.1) is 6.92 Å². The zero-order chi connectivity index (χ0) is 14.8. The fourth-order valence-corrected chi connectivity index (χ4v) is 2.57. The van der Waals surface area contributed by atoms with Gasteiger partial charge < -0.3 is 14.4 Å². The van der Waals surface area contributed by atoms with E-state index in [1.54, 1.807) is 6.07 Å². The van der Waals surface area contributed by atoms with Gasteiger partial charge in [0.1, 0.15) is 18.1 Å². The van der Waals surface area contributed by atoms with Gasteiger partial charge in [0.05, 0.1) is 5.52 Å². The third-order valence-electron chi connectivity index (χ3n) is 3.72. The van der Waals surface area contributed by atoms with Gasteiger partial charge in [-0.2, -0.15) is 0 Å². The predicted octanol–water partition coefficient (Wildman–Crippen LogP) is 4.25. The van der Waals surface area contributed by atoms with Crippen LogP contribution in [0.15, 0.2) is 48.7 Å². The Morgan fingerprint density at radius 3 is 2.57 bits per heavy atom. The number of para-hydroxylation sites is 1. The van der Waals surface area contributed by atoms with Crippen LogP contribution in [0.5, 0.6) is 11.5 Å². The van der Waals surface area contributed by atoms with Crippen molar-refractivity contribution in [3.63, 3.8) is 0 Å². The number of aryl methyl sites for hydroxylation is 2. The molecule has 0 radical (unpaired) electrons. The van der Waals surface area contributed by atoms with Gasteiger partial charge in [-0.3, -0.25) is 0 Å². The van der Waals surface area contributed by atoms with E-state index in [1.165, 1.54) is 5.56 Å². The lowest BCUT2D eigenvalue weighted by molar-refractivity contribution is 0.307. The summed E-state index contributed by atoms with van der Waals surface area (Å²) in [4.78, 5) is 0. The van der Waals surface area contributed by atoms with Crippen molar-refractivity contribution in [3.05, 3.63) is 59.8 Å². The van der Waals surface area contributed by atoms with Gasteiger partial charge in [-0.25, -0.2) is 0 Å². The normalized spacial score (nSPS) is 11.0. The van der Waals surface area contributed by atoms with E-state index in [1.807, 2.05) is 36.4 Å². The van der Waals surface area contributed by atoms with Gasteiger partial charge >= 0.3 is 0 Å². The molecule has 2 aromatic carbocycles. The third-order valence-corrected chi connectivity index (χ3v) is 3.72. The van der Waals surface area contributed by atoms with Crippen molar-refractivity contribution in [2.75, 3.05) is 0 Å². The maximum atomic E-state index is 10.1. The summed E-state index contributed by atoms with van der Waals surface area (Å²) in [7, 11) is 0. The number of hydrogen-bond donors (Lipinski definition) is 1. The first-order chi connectivity index (χ1) is 10.2. The number of phenols is 1. The molecule has 3 nitrogen and oxygen atoms in total. The fourth-order valence-electron chi connectivity index (χ4n) is 2.57. The molecule has 21 heavy (non-hydrogen) atoms. The van der Waals surface area contributed by atoms with E-state index in [2.05, 4.69) is 24.6 Å². The first-order valence-electron chi connectivity index (χ1n) is 7.18. The Morgan fingerprint density at radius 1 is 1.10 bits per heavy atom. The quantitative estimate of drug-likeness (QED) is 0.775. The summed E-state index contributed by atoms with van der Waals surface area (Å²) in [6.45, 7) is 5.44. The molecule has 1 N–H and O–H groups in total. The molecule has 0 amide bonds. The van der Waals surface area contributed by atoms with E-state index in [0.717, 1.165) is 28.8 Å². The molecule has 3 rings (SSSR count). The molecule has 0 spiro atoms. The monoisotopic (exact) mass is 281 g/mol. The number of aromatic hydroxyl groups is 1. The summed E-state index contributed by atoms with van der Waals surface area (Å²) in [5.74, 6) is 1.18. The second-order valence-electron chi connectivity index (χ2n) is 5.22. The molecule has 108 valence electrons. The van der Waals surface area contributed by atoms with Crippen molar-refractivity contribution in [1.82, 2.24) is 4.57 Å². The first kappa shape index (κ1) is 13.6. The molecule has 0 aliphatic carbocycles. The summed E-state index contributed by atoms with van der Waals surface area (Å²) in [6.07, 6.45) is 2.05. The van der Waals surface area contributed by atoms with Crippen LogP contribution in [-0.4, -0.2) is 9.67 Å². The van der Waals surface area contributed by atoms with Gasteiger partial charge in [-0.15, -0.1) is 0 Å². The minimum Gasteiger partial charge on any atom is -0.506 e. The second kappa shape index (κ2) is 5.52. The highest BCUT2D eigenvalue weighted by atomic mass is 16.5. The Labute approximate surface area is 124 Å². The topological polar surface area (TPSA) is 34.4 Å². The molecular formula is C18H19NO2. The van der Waals surface area contributed by atoms with Gasteiger partial charge in [0.25, 0.3) is 0 Å². The predicted molar refractivity (Wildman–Crippen MR) is 84.8 cm³/mol. The van der Waals surface area contributed by atoms with Crippen molar-refractivity contribution >= 4 is 10.9 Å². The van der Waals surface area contributed by atoms with E-state index in [4.69, 9.17) is 4.74 Å². The Hall–Kier alpha value is -2.42. The Balaban J connectivity index is 1.90. The zero-order valence-electron chi connectivity index (χ0n) is 12.3. The molecule has 0 aliphatic heterocycles. The molecule has 0 fully saturated rings. The van der Waals surface area contributed by atoms with Crippen LogP contribution in [0.4, 0.5) is 0 Å².